The molecule has 0 saturated carbocycles. The van der Waals surface area contributed by atoms with Crippen LogP contribution in [0.2, 0.25) is 0 Å². The van der Waals surface area contributed by atoms with Crippen molar-refractivity contribution < 1.29 is 8.83 Å². The second kappa shape index (κ2) is 12.4. The van der Waals surface area contributed by atoms with Crippen LogP contribution < -0.4 is 4.90 Å². The van der Waals surface area contributed by atoms with Crippen molar-refractivity contribution in [1.82, 2.24) is 4.57 Å². The first-order valence-corrected chi connectivity index (χ1v) is 19.7. The Morgan fingerprint density at radius 1 is 0.509 bits per heavy atom. The van der Waals surface area contributed by atoms with Crippen LogP contribution in [0.5, 0.6) is 0 Å². The van der Waals surface area contributed by atoms with Gasteiger partial charge in [0.25, 0.3) is 0 Å². The van der Waals surface area contributed by atoms with Crippen LogP contribution in [0.15, 0.2) is 191 Å². The molecule has 4 heteroatoms. The van der Waals surface area contributed by atoms with Crippen molar-refractivity contribution in [2.45, 2.75) is 19.4 Å². The fourth-order valence-electron chi connectivity index (χ4n) is 9.39. The minimum Gasteiger partial charge on any atom is -0.454 e. The van der Waals surface area contributed by atoms with E-state index in [1.165, 1.54) is 43.9 Å². The fourth-order valence-corrected chi connectivity index (χ4v) is 9.39. The molecule has 8 aromatic carbocycles. The van der Waals surface area contributed by atoms with Crippen molar-refractivity contribution in [2.24, 2.45) is 0 Å². The Balaban J connectivity index is 0.976. The van der Waals surface area contributed by atoms with Gasteiger partial charge in [0.15, 0.2) is 11.2 Å². The number of nitrogens with zero attached hydrogens (tertiary/aromatic N) is 2. The van der Waals surface area contributed by atoms with Gasteiger partial charge in [-0.2, -0.15) is 0 Å². The molecule has 12 rings (SSSR count). The highest BCUT2D eigenvalue weighted by atomic mass is 16.3. The molecule has 4 nitrogen and oxygen atoms in total. The Morgan fingerprint density at radius 3 is 1.91 bits per heavy atom. The van der Waals surface area contributed by atoms with E-state index in [9.17, 15) is 0 Å². The van der Waals surface area contributed by atoms with E-state index < -0.39 is 0 Å². The maximum atomic E-state index is 6.66. The second-order valence-electron chi connectivity index (χ2n) is 15.2. The van der Waals surface area contributed by atoms with Crippen molar-refractivity contribution in [3.63, 3.8) is 0 Å². The lowest BCUT2D eigenvalue weighted by atomic mass is 9.93. The zero-order valence-corrected chi connectivity index (χ0v) is 31.3. The molecular formula is C53H36N2O2. The molecule has 0 aliphatic heterocycles. The highest BCUT2D eigenvalue weighted by Gasteiger charge is 2.26. The van der Waals surface area contributed by atoms with Gasteiger partial charge in [0.2, 0.25) is 0 Å². The van der Waals surface area contributed by atoms with Crippen molar-refractivity contribution in [3.8, 4) is 5.69 Å². The summed E-state index contributed by atoms with van der Waals surface area (Å²) in [7, 11) is 0. The molecule has 0 saturated heterocycles. The Labute approximate surface area is 328 Å². The molecule has 3 heterocycles. The van der Waals surface area contributed by atoms with Gasteiger partial charge in [-0.25, -0.2) is 0 Å². The van der Waals surface area contributed by atoms with Gasteiger partial charge in [0.1, 0.15) is 11.2 Å². The number of para-hydroxylation sites is 5. The van der Waals surface area contributed by atoms with Crippen LogP contribution in [0, 0.1) is 6.92 Å². The monoisotopic (exact) mass is 732 g/mol. The molecule has 11 aromatic rings. The van der Waals surface area contributed by atoms with Gasteiger partial charge >= 0.3 is 0 Å². The quantitative estimate of drug-likeness (QED) is 0.177. The SMILES string of the molecule is Cc1ccc(N(c2cccc3c2oc2ccccc23)C2C=CC(c3ccc4c(c3)c3ccccc3n4-c3cccc4c3oc3ccccc34)=CC2)c2ccccc12. The molecule has 1 aliphatic rings. The molecule has 3 aromatic heterocycles. The number of anilines is 2. The lowest BCUT2D eigenvalue weighted by molar-refractivity contribution is 0.664. The number of aromatic nitrogens is 1. The summed E-state index contributed by atoms with van der Waals surface area (Å²) >= 11 is 0. The summed E-state index contributed by atoms with van der Waals surface area (Å²) in [6, 6.07) is 58.6. The number of furan rings is 2. The van der Waals surface area contributed by atoms with Crippen LogP contribution in [0.1, 0.15) is 17.5 Å². The molecule has 0 fully saturated rings. The lowest BCUT2D eigenvalue weighted by Gasteiger charge is -2.34. The van der Waals surface area contributed by atoms with E-state index in [0.717, 1.165) is 72.7 Å². The Bertz CT molecular complexity index is 3480. The normalized spacial score (nSPS) is 14.5. The summed E-state index contributed by atoms with van der Waals surface area (Å²) in [6.45, 7) is 2.19. The zero-order chi connectivity index (χ0) is 37.6. The molecule has 0 spiro atoms. The maximum Gasteiger partial charge on any atom is 0.159 e. The predicted molar refractivity (Wildman–Crippen MR) is 238 cm³/mol. The van der Waals surface area contributed by atoms with E-state index in [1.807, 2.05) is 12.1 Å². The largest absolute Gasteiger partial charge is 0.454 e. The number of allylic oxidation sites excluding steroid dienone is 2. The summed E-state index contributed by atoms with van der Waals surface area (Å²) in [4.78, 5) is 2.49. The number of hydrogen-bond acceptors (Lipinski definition) is 3. The van der Waals surface area contributed by atoms with E-state index in [4.69, 9.17) is 8.83 Å². The predicted octanol–water partition coefficient (Wildman–Crippen LogP) is 14.6. The molecule has 0 amide bonds. The van der Waals surface area contributed by atoms with Crippen LogP contribution in [0.3, 0.4) is 0 Å². The van der Waals surface area contributed by atoms with Crippen LogP contribution in [-0.2, 0) is 0 Å². The van der Waals surface area contributed by atoms with Gasteiger partial charge in [-0.3, -0.25) is 0 Å². The third kappa shape index (κ3) is 4.80. The van der Waals surface area contributed by atoms with Gasteiger partial charge in [-0.1, -0.05) is 133 Å². The van der Waals surface area contributed by atoms with E-state index in [1.54, 1.807) is 0 Å². The van der Waals surface area contributed by atoms with Crippen LogP contribution >= 0.6 is 0 Å². The molecule has 1 atom stereocenters. The first-order valence-electron chi connectivity index (χ1n) is 19.7. The summed E-state index contributed by atoms with van der Waals surface area (Å²) in [5, 5.41) is 9.46. The standard InChI is InChI=1S/C53H36N2O2/c1-33-24-30-46(38-13-3-2-12-37(33)38)54(48-20-10-17-42-40-15-5-8-22-50(40)56-52(42)48)36-28-25-34(26-29-36)35-27-31-47-44(32-35)39-14-4-7-19-45(39)55(47)49-21-11-18-43-41-16-6-9-23-51(41)57-53(43)49/h2-28,30-32,36H,29H2,1H3. The van der Waals surface area contributed by atoms with Gasteiger partial charge in [-0.05, 0) is 84.0 Å². The highest BCUT2D eigenvalue weighted by Crippen LogP contribution is 2.44. The van der Waals surface area contributed by atoms with Crippen LogP contribution in [0.4, 0.5) is 11.4 Å². The Morgan fingerprint density at radius 2 is 1.14 bits per heavy atom. The molecule has 270 valence electrons. The summed E-state index contributed by atoms with van der Waals surface area (Å²) in [5.41, 5.74) is 12.9. The minimum atomic E-state index is 0.0635. The van der Waals surface area contributed by atoms with Gasteiger partial charge in [0.05, 0.1) is 28.5 Å². The second-order valence-corrected chi connectivity index (χ2v) is 15.2. The van der Waals surface area contributed by atoms with Crippen molar-refractivity contribution in [2.75, 3.05) is 4.90 Å². The smallest absolute Gasteiger partial charge is 0.159 e. The van der Waals surface area contributed by atoms with Crippen LogP contribution in [-0.4, -0.2) is 10.6 Å². The first-order chi connectivity index (χ1) is 28.2. The van der Waals surface area contributed by atoms with E-state index in [0.29, 0.717) is 0 Å². The average molecular weight is 733 g/mol. The van der Waals surface area contributed by atoms with E-state index in [-0.39, 0.29) is 6.04 Å². The topological polar surface area (TPSA) is 34.5 Å². The number of aryl methyl sites for hydroxylation is 1. The molecule has 1 unspecified atom stereocenters. The molecular weight excluding hydrogens is 697 g/mol. The fraction of sp³-hybridized carbons (Fsp3) is 0.0566. The molecule has 0 N–H and O–H groups in total. The summed E-state index contributed by atoms with van der Waals surface area (Å²) < 4.78 is 15.6. The van der Waals surface area contributed by atoms with Crippen molar-refractivity contribution in [1.29, 1.82) is 0 Å². The average Bonchev–Trinajstić information content (AvgIpc) is 3.95. The van der Waals surface area contributed by atoms with Gasteiger partial charge < -0.3 is 18.3 Å². The van der Waals surface area contributed by atoms with Gasteiger partial charge in [-0.15, -0.1) is 0 Å². The van der Waals surface area contributed by atoms with Crippen LogP contribution in [0.25, 0.3) is 87.7 Å². The summed E-state index contributed by atoms with van der Waals surface area (Å²) in [5.74, 6) is 0. The van der Waals surface area contributed by atoms with E-state index >= 15 is 0 Å². The molecule has 1 aliphatic carbocycles. The molecule has 0 radical (unpaired) electrons. The van der Waals surface area contributed by atoms with Gasteiger partial charge in [0, 0.05) is 43.4 Å². The highest BCUT2D eigenvalue weighted by molar-refractivity contribution is 6.14. The van der Waals surface area contributed by atoms with E-state index in [2.05, 4.69) is 186 Å². The number of benzene rings is 8. The summed E-state index contributed by atoms with van der Waals surface area (Å²) in [6.07, 6.45) is 7.92. The number of hydrogen-bond donors (Lipinski definition) is 0. The number of fused-ring (bicyclic) bond motifs is 10. The Kier molecular flexibility index (Phi) is 6.93. The minimum absolute atomic E-state index is 0.0635. The Hall–Kier alpha value is -7.30. The third-order valence-electron chi connectivity index (χ3n) is 12.1. The number of rotatable bonds is 5. The zero-order valence-electron chi connectivity index (χ0n) is 31.3. The molecule has 57 heavy (non-hydrogen) atoms. The molecule has 0 bridgehead atoms. The maximum absolute atomic E-state index is 6.66. The van der Waals surface area contributed by atoms with Crippen molar-refractivity contribution >= 4 is 93.4 Å². The third-order valence-corrected chi connectivity index (χ3v) is 12.1. The lowest BCUT2D eigenvalue weighted by Crippen LogP contribution is -2.30. The first kappa shape index (κ1) is 32.0. The van der Waals surface area contributed by atoms with Crippen molar-refractivity contribution in [3.05, 3.63) is 193 Å².